The Bertz CT molecular complexity index is 289. The van der Waals surface area contributed by atoms with Gasteiger partial charge in [0.05, 0.1) is 5.41 Å². The van der Waals surface area contributed by atoms with Gasteiger partial charge >= 0.3 is 5.97 Å². The second-order valence-corrected chi connectivity index (χ2v) is 4.45. The van der Waals surface area contributed by atoms with Crippen LogP contribution in [0.3, 0.4) is 0 Å². The van der Waals surface area contributed by atoms with E-state index in [0.717, 1.165) is 19.3 Å². The zero-order valence-corrected chi connectivity index (χ0v) is 8.32. The van der Waals surface area contributed by atoms with Gasteiger partial charge in [-0.25, -0.2) is 0 Å². The van der Waals surface area contributed by atoms with Gasteiger partial charge in [0.25, 0.3) is 0 Å². The Balaban J connectivity index is 2.23. The minimum Gasteiger partial charge on any atom is -0.481 e. The zero-order chi connectivity index (χ0) is 10.3. The topological polar surface area (TPSA) is 57.6 Å². The predicted molar refractivity (Wildman–Crippen MR) is 49.7 cm³/mol. The van der Waals surface area contributed by atoms with Gasteiger partial charge in [0, 0.05) is 20.0 Å². The van der Waals surface area contributed by atoms with Gasteiger partial charge in [-0.05, 0) is 18.8 Å². The normalized spacial score (nSPS) is 35.8. The highest BCUT2D eigenvalue weighted by Crippen LogP contribution is 2.48. The Labute approximate surface area is 82.9 Å². The summed E-state index contributed by atoms with van der Waals surface area (Å²) in [5.74, 6) is -0.535. The Kier molecular flexibility index (Phi) is 2.01. The average Bonchev–Trinajstić information content (AvgIpc) is 2.57. The quantitative estimate of drug-likeness (QED) is 0.673. The number of nitrogens with zero attached hydrogens (tertiary/aromatic N) is 1. The van der Waals surface area contributed by atoms with Gasteiger partial charge in [0.15, 0.2) is 0 Å². The number of rotatable bonds is 1. The number of carbonyl (C=O) groups excluding carboxylic acids is 1. The molecule has 0 aromatic carbocycles. The van der Waals surface area contributed by atoms with E-state index in [1.165, 1.54) is 6.92 Å². The van der Waals surface area contributed by atoms with Crippen molar-refractivity contribution in [1.29, 1.82) is 0 Å². The number of carboxylic acid groups (broad SMARTS) is 1. The van der Waals surface area contributed by atoms with Crippen molar-refractivity contribution in [3.05, 3.63) is 0 Å². The Morgan fingerprint density at radius 3 is 2.71 bits per heavy atom. The SMILES string of the molecule is CC(=O)N1CC2CCCC2(C(=O)O)C1. The number of carbonyl (C=O) groups is 2. The summed E-state index contributed by atoms with van der Waals surface area (Å²) in [4.78, 5) is 24.1. The molecule has 2 rings (SSSR count). The van der Waals surface area contributed by atoms with Crippen molar-refractivity contribution in [3.8, 4) is 0 Å². The minimum atomic E-state index is -0.719. The molecule has 1 saturated heterocycles. The number of hydrogen-bond donors (Lipinski definition) is 1. The molecule has 1 amide bonds. The lowest BCUT2D eigenvalue weighted by Crippen LogP contribution is -2.36. The summed E-state index contributed by atoms with van der Waals surface area (Å²) in [6, 6.07) is 0. The molecule has 4 nitrogen and oxygen atoms in total. The molecule has 0 aromatic heterocycles. The second-order valence-electron chi connectivity index (χ2n) is 4.45. The van der Waals surface area contributed by atoms with Crippen molar-refractivity contribution >= 4 is 11.9 Å². The first-order valence-electron chi connectivity index (χ1n) is 5.05. The fourth-order valence-electron chi connectivity index (χ4n) is 2.88. The Morgan fingerprint density at radius 1 is 1.50 bits per heavy atom. The van der Waals surface area contributed by atoms with Gasteiger partial charge < -0.3 is 10.0 Å². The maximum Gasteiger partial charge on any atom is 0.311 e. The lowest BCUT2D eigenvalue weighted by Gasteiger charge is -2.22. The van der Waals surface area contributed by atoms with Crippen LogP contribution >= 0.6 is 0 Å². The molecule has 4 heteroatoms. The van der Waals surface area contributed by atoms with Crippen molar-refractivity contribution in [3.63, 3.8) is 0 Å². The molecule has 2 fully saturated rings. The highest BCUT2D eigenvalue weighted by molar-refractivity contribution is 5.80. The lowest BCUT2D eigenvalue weighted by molar-refractivity contribution is -0.149. The van der Waals surface area contributed by atoms with E-state index in [1.807, 2.05) is 0 Å². The van der Waals surface area contributed by atoms with Crippen LogP contribution in [-0.2, 0) is 9.59 Å². The van der Waals surface area contributed by atoms with Crippen LogP contribution < -0.4 is 0 Å². The van der Waals surface area contributed by atoms with E-state index in [4.69, 9.17) is 0 Å². The summed E-state index contributed by atoms with van der Waals surface area (Å²) in [5, 5.41) is 9.24. The van der Waals surface area contributed by atoms with Crippen LogP contribution in [0, 0.1) is 11.3 Å². The molecule has 1 aliphatic heterocycles. The van der Waals surface area contributed by atoms with Gasteiger partial charge in [-0.1, -0.05) is 6.42 Å². The maximum atomic E-state index is 11.2. The van der Waals surface area contributed by atoms with Crippen molar-refractivity contribution in [1.82, 2.24) is 4.90 Å². The molecule has 0 aromatic rings. The van der Waals surface area contributed by atoms with Crippen molar-refractivity contribution in [2.45, 2.75) is 26.2 Å². The van der Waals surface area contributed by atoms with E-state index in [2.05, 4.69) is 0 Å². The van der Waals surface area contributed by atoms with Crippen LogP contribution in [-0.4, -0.2) is 35.0 Å². The zero-order valence-electron chi connectivity index (χ0n) is 8.32. The molecule has 0 bridgehead atoms. The number of carboxylic acids is 1. The summed E-state index contributed by atoms with van der Waals surface area (Å²) in [6.45, 7) is 2.57. The molecule has 14 heavy (non-hydrogen) atoms. The van der Waals surface area contributed by atoms with Crippen LogP contribution in [0.1, 0.15) is 26.2 Å². The largest absolute Gasteiger partial charge is 0.481 e. The molecule has 0 radical (unpaired) electrons. The molecular weight excluding hydrogens is 182 g/mol. The Morgan fingerprint density at radius 2 is 2.21 bits per heavy atom. The van der Waals surface area contributed by atoms with E-state index >= 15 is 0 Å². The number of aliphatic carboxylic acids is 1. The highest BCUT2D eigenvalue weighted by atomic mass is 16.4. The van der Waals surface area contributed by atoms with Gasteiger partial charge in [-0.15, -0.1) is 0 Å². The third kappa shape index (κ3) is 1.13. The summed E-state index contributed by atoms with van der Waals surface area (Å²) >= 11 is 0. The summed E-state index contributed by atoms with van der Waals surface area (Å²) in [6.07, 6.45) is 2.68. The van der Waals surface area contributed by atoms with Crippen LogP contribution in [0.2, 0.25) is 0 Å². The molecule has 1 heterocycles. The van der Waals surface area contributed by atoms with Crippen LogP contribution in [0.4, 0.5) is 0 Å². The van der Waals surface area contributed by atoms with E-state index in [0.29, 0.717) is 13.1 Å². The van der Waals surface area contributed by atoms with Crippen molar-refractivity contribution < 1.29 is 14.7 Å². The fourth-order valence-corrected chi connectivity index (χ4v) is 2.88. The minimum absolute atomic E-state index is 0.0000231. The first kappa shape index (κ1) is 9.49. The van der Waals surface area contributed by atoms with E-state index in [-0.39, 0.29) is 11.8 Å². The molecule has 2 atom stereocenters. The van der Waals surface area contributed by atoms with Gasteiger partial charge in [0.1, 0.15) is 0 Å². The smallest absolute Gasteiger partial charge is 0.311 e. The van der Waals surface area contributed by atoms with Crippen molar-refractivity contribution in [2.75, 3.05) is 13.1 Å². The molecule has 1 N–H and O–H groups in total. The summed E-state index contributed by atoms with van der Waals surface area (Å²) in [5.41, 5.74) is -0.619. The van der Waals surface area contributed by atoms with Crippen LogP contribution in [0.25, 0.3) is 0 Å². The summed E-state index contributed by atoms with van der Waals surface area (Å²) in [7, 11) is 0. The third-order valence-electron chi connectivity index (χ3n) is 3.74. The molecular formula is C10H15NO3. The molecule has 2 unspecified atom stereocenters. The number of hydrogen-bond acceptors (Lipinski definition) is 2. The fraction of sp³-hybridized carbons (Fsp3) is 0.800. The van der Waals surface area contributed by atoms with E-state index in [1.54, 1.807) is 4.90 Å². The number of likely N-dealkylation sites (tertiary alicyclic amines) is 1. The second kappa shape index (κ2) is 2.97. The van der Waals surface area contributed by atoms with Crippen LogP contribution in [0.15, 0.2) is 0 Å². The van der Waals surface area contributed by atoms with E-state index in [9.17, 15) is 14.7 Å². The van der Waals surface area contributed by atoms with Crippen LogP contribution in [0.5, 0.6) is 0 Å². The highest BCUT2D eigenvalue weighted by Gasteiger charge is 2.55. The van der Waals surface area contributed by atoms with Gasteiger partial charge in [-0.3, -0.25) is 9.59 Å². The average molecular weight is 197 g/mol. The first-order valence-corrected chi connectivity index (χ1v) is 5.05. The number of amides is 1. The first-order chi connectivity index (χ1) is 6.56. The lowest BCUT2D eigenvalue weighted by atomic mass is 9.81. The molecule has 1 aliphatic carbocycles. The third-order valence-corrected chi connectivity index (χ3v) is 3.74. The van der Waals surface area contributed by atoms with Gasteiger partial charge in [0.2, 0.25) is 5.91 Å². The number of fused-ring (bicyclic) bond motifs is 1. The summed E-state index contributed by atoms with van der Waals surface area (Å²) < 4.78 is 0. The maximum absolute atomic E-state index is 11.2. The standard InChI is InChI=1S/C10H15NO3/c1-7(12)11-5-8-3-2-4-10(8,6-11)9(13)14/h8H,2-6H2,1H3,(H,13,14). The molecule has 2 aliphatic rings. The van der Waals surface area contributed by atoms with E-state index < -0.39 is 11.4 Å². The molecule has 1 saturated carbocycles. The Hall–Kier alpha value is -1.06. The van der Waals surface area contributed by atoms with Gasteiger partial charge in [-0.2, -0.15) is 0 Å². The molecule has 0 spiro atoms. The monoisotopic (exact) mass is 197 g/mol. The van der Waals surface area contributed by atoms with Crippen molar-refractivity contribution in [2.24, 2.45) is 11.3 Å². The predicted octanol–water partition coefficient (Wildman–Crippen LogP) is 0.720. The molecule has 78 valence electrons.